The number of halogens is 2. The third-order valence-electron chi connectivity index (χ3n) is 2.74. The highest BCUT2D eigenvalue weighted by Crippen LogP contribution is 2.38. The highest BCUT2D eigenvalue weighted by atomic mass is 35.5. The maximum atomic E-state index is 11.0. The van der Waals surface area contributed by atoms with Crippen LogP contribution >= 0.6 is 23.2 Å². The summed E-state index contributed by atoms with van der Waals surface area (Å²) >= 11 is 11.6. The molecular weight excluding hydrogens is 315 g/mol. The van der Waals surface area contributed by atoms with Gasteiger partial charge in [0.25, 0.3) is 0 Å². The minimum absolute atomic E-state index is 0.0153. The zero-order chi connectivity index (χ0) is 15.6. The number of nitrogens with zero attached hydrogens (tertiary/aromatic N) is 2. The highest BCUT2D eigenvalue weighted by molar-refractivity contribution is 6.42. The molecule has 7 heteroatoms. The van der Waals surface area contributed by atoms with Crippen molar-refractivity contribution in [3.8, 4) is 17.6 Å². The van der Waals surface area contributed by atoms with Gasteiger partial charge in [-0.15, -0.1) is 0 Å². The molecule has 2 aromatic carbocycles. The van der Waals surface area contributed by atoms with Crippen LogP contribution < -0.4 is 4.74 Å². The summed E-state index contributed by atoms with van der Waals surface area (Å²) in [6.45, 7) is 1.74. The molecule has 5 nitrogen and oxygen atoms in total. The third-order valence-corrected chi connectivity index (χ3v) is 3.47. The fourth-order valence-corrected chi connectivity index (χ4v) is 2.01. The van der Waals surface area contributed by atoms with Gasteiger partial charge in [0.05, 0.1) is 26.6 Å². The van der Waals surface area contributed by atoms with E-state index < -0.39 is 4.92 Å². The minimum Gasteiger partial charge on any atom is -0.450 e. The maximum Gasteiger partial charge on any atom is 0.313 e. The van der Waals surface area contributed by atoms with Gasteiger partial charge in [0.15, 0.2) is 0 Å². The van der Waals surface area contributed by atoms with Crippen LogP contribution in [0.25, 0.3) is 0 Å². The molecule has 0 unspecified atom stereocenters. The molecule has 0 fully saturated rings. The minimum atomic E-state index is -0.603. The molecule has 0 amide bonds. The number of aryl methyl sites for hydroxylation is 1. The normalized spacial score (nSPS) is 10.0. The second-order valence-corrected chi connectivity index (χ2v) is 5.00. The van der Waals surface area contributed by atoms with Crippen LogP contribution in [0.5, 0.6) is 11.5 Å². The molecule has 106 valence electrons. The lowest BCUT2D eigenvalue weighted by molar-refractivity contribution is -0.385. The Labute approximate surface area is 130 Å². The van der Waals surface area contributed by atoms with Gasteiger partial charge in [-0.2, -0.15) is 5.26 Å². The van der Waals surface area contributed by atoms with E-state index in [1.165, 1.54) is 6.07 Å². The number of hydrogen-bond donors (Lipinski definition) is 0. The second-order valence-electron chi connectivity index (χ2n) is 4.18. The summed E-state index contributed by atoms with van der Waals surface area (Å²) in [5, 5.41) is 20.1. The molecule has 0 heterocycles. The Balaban J connectivity index is 2.44. The number of ether oxygens (including phenoxy) is 1. The van der Waals surface area contributed by atoms with Crippen molar-refractivity contribution < 1.29 is 9.66 Å². The molecule has 0 aromatic heterocycles. The van der Waals surface area contributed by atoms with Gasteiger partial charge in [-0.1, -0.05) is 23.2 Å². The summed E-state index contributed by atoms with van der Waals surface area (Å²) < 4.78 is 5.49. The summed E-state index contributed by atoms with van der Waals surface area (Å²) in [5.41, 5.74) is 0.926. The number of nitriles is 1. The van der Waals surface area contributed by atoms with Gasteiger partial charge in [-0.3, -0.25) is 10.1 Å². The number of nitro groups is 1. The van der Waals surface area contributed by atoms with E-state index in [2.05, 4.69) is 0 Å². The van der Waals surface area contributed by atoms with Crippen LogP contribution in [-0.4, -0.2) is 4.92 Å². The first kappa shape index (κ1) is 15.1. The van der Waals surface area contributed by atoms with Crippen LogP contribution in [0.15, 0.2) is 30.3 Å². The van der Waals surface area contributed by atoms with E-state index in [0.717, 1.165) is 6.07 Å². The smallest absolute Gasteiger partial charge is 0.313 e. The standard InChI is InChI=1S/C14H8Cl2N2O3/c1-8-4-10(3-2-9(8)7-17)21-14-6-12(16)11(15)5-13(14)18(19)20/h2-6H,1H3. The van der Waals surface area contributed by atoms with E-state index in [0.29, 0.717) is 16.9 Å². The van der Waals surface area contributed by atoms with Crippen molar-refractivity contribution in [2.75, 3.05) is 0 Å². The lowest BCUT2D eigenvalue weighted by Crippen LogP contribution is -1.94. The van der Waals surface area contributed by atoms with Crippen molar-refractivity contribution in [3.63, 3.8) is 0 Å². The van der Waals surface area contributed by atoms with E-state index in [1.54, 1.807) is 25.1 Å². The zero-order valence-corrected chi connectivity index (χ0v) is 12.3. The van der Waals surface area contributed by atoms with Crippen LogP contribution in [0.2, 0.25) is 10.0 Å². The van der Waals surface area contributed by atoms with Gasteiger partial charge in [0, 0.05) is 12.1 Å². The third kappa shape index (κ3) is 3.24. The van der Waals surface area contributed by atoms with E-state index in [-0.39, 0.29) is 21.5 Å². The van der Waals surface area contributed by atoms with E-state index >= 15 is 0 Å². The van der Waals surface area contributed by atoms with Gasteiger partial charge < -0.3 is 4.74 Å². The number of benzene rings is 2. The molecule has 0 spiro atoms. The van der Waals surface area contributed by atoms with E-state index in [9.17, 15) is 10.1 Å². The van der Waals surface area contributed by atoms with Gasteiger partial charge in [0.2, 0.25) is 5.75 Å². The first-order valence-corrected chi connectivity index (χ1v) is 6.50. The van der Waals surface area contributed by atoms with Crippen LogP contribution in [0.4, 0.5) is 5.69 Å². The summed E-state index contributed by atoms with van der Waals surface area (Å²) in [6.07, 6.45) is 0. The number of nitro benzene ring substituents is 1. The van der Waals surface area contributed by atoms with Crippen molar-refractivity contribution in [1.29, 1.82) is 5.26 Å². The predicted molar refractivity (Wildman–Crippen MR) is 79.1 cm³/mol. The molecule has 21 heavy (non-hydrogen) atoms. The quantitative estimate of drug-likeness (QED) is 0.596. The summed E-state index contributed by atoms with van der Waals surface area (Å²) in [5.74, 6) is 0.353. The Morgan fingerprint density at radius 3 is 2.48 bits per heavy atom. The average molecular weight is 323 g/mol. The molecule has 2 aromatic rings. The molecule has 0 aliphatic rings. The monoisotopic (exact) mass is 322 g/mol. The number of hydrogen-bond acceptors (Lipinski definition) is 4. The first-order chi connectivity index (χ1) is 9.92. The van der Waals surface area contributed by atoms with Crippen molar-refractivity contribution >= 4 is 28.9 Å². The average Bonchev–Trinajstić information content (AvgIpc) is 2.42. The molecule has 0 saturated heterocycles. The first-order valence-electron chi connectivity index (χ1n) is 5.74. The molecule has 0 radical (unpaired) electrons. The van der Waals surface area contributed by atoms with Gasteiger partial charge in [0.1, 0.15) is 5.75 Å². The predicted octanol–water partition coefficient (Wildman–Crippen LogP) is 4.87. The van der Waals surface area contributed by atoms with Crippen molar-refractivity contribution in [3.05, 3.63) is 61.6 Å². The molecule has 2 rings (SSSR count). The zero-order valence-electron chi connectivity index (χ0n) is 10.8. The summed E-state index contributed by atoms with van der Waals surface area (Å²) in [7, 11) is 0. The topological polar surface area (TPSA) is 76.2 Å². The lowest BCUT2D eigenvalue weighted by Gasteiger charge is -2.08. The van der Waals surface area contributed by atoms with Gasteiger partial charge >= 0.3 is 5.69 Å². The van der Waals surface area contributed by atoms with Crippen molar-refractivity contribution in [2.45, 2.75) is 6.92 Å². The molecule has 0 aliphatic heterocycles. The molecule has 0 atom stereocenters. The fraction of sp³-hybridized carbons (Fsp3) is 0.0714. The molecular formula is C14H8Cl2N2O3. The lowest BCUT2D eigenvalue weighted by atomic mass is 10.1. The Bertz CT molecular complexity index is 770. The molecule has 0 N–H and O–H groups in total. The van der Waals surface area contributed by atoms with Crippen molar-refractivity contribution in [1.82, 2.24) is 0 Å². The van der Waals surface area contributed by atoms with Gasteiger partial charge in [-0.25, -0.2) is 0 Å². The second kappa shape index (κ2) is 6.00. The Morgan fingerprint density at radius 2 is 1.90 bits per heavy atom. The van der Waals surface area contributed by atoms with E-state index in [4.69, 9.17) is 33.2 Å². The Morgan fingerprint density at radius 1 is 1.24 bits per heavy atom. The van der Waals surface area contributed by atoms with Crippen LogP contribution in [0.3, 0.4) is 0 Å². The number of rotatable bonds is 3. The van der Waals surface area contributed by atoms with Crippen molar-refractivity contribution in [2.24, 2.45) is 0 Å². The highest BCUT2D eigenvalue weighted by Gasteiger charge is 2.19. The Hall–Kier alpha value is -2.29. The summed E-state index contributed by atoms with van der Waals surface area (Å²) in [6, 6.07) is 9.20. The van der Waals surface area contributed by atoms with Crippen LogP contribution in [0, 0.1) is 28.4 Å². The van der Waals surface area contributed by atoms with Crippen LogP contribution in [-0.2, 0) is 0 Å². The van der Waals surface area contributed by atoms with Crippen LogP contribution in [0.1, 0.15) is 11.1 Å². The largest absolute Gasteiger partial charge is 0.450 e. The molecule has 0 aliphatic carbocycles. The maximum absolute atomic E-state index is 11.0. The molecule has 0 saturated carbocycles. The SMILES string of the molecule is Cc1cc(Oc2cc(Cl)c(Cl)cc2[N+](=O)[O-])ccc1C#N. The Kier molecular flexibility index (Phi) is 4.32. The molecule has 0 bridgehead atoms. The van der Waals surface area contributed by atoms with Gasteiger partial charge in [-0.05, 0) is 30.7 Å². The summed E-state index contributed by atoms with van der Waals surface area (Å²) in [4.78, 5) is 10.4. The fourth-order valence-electron chi connectivity index (χ4n) is 1.69. The van der Waals surface area contributed by atoms with E-state index in [1.807, 2.05) is 6.07 Å².